The Balaban J connectivity index is 4.48. The molecule has 0 aromatic heterocycles. The zero-order valence-electron chi connectivity index (χ0n) is 13.7. The van der Waals surface area contributed by atoms with Gasteiger partial charge in [0.2, 0.25) is 6.29 Å². The molecule has 6 heteroatoms. The van der Waals surface area contributed by atoms with Crippen LogP contribution in [0.25, 0.3) is 0 Å². The molecule has 3 atom stereocenters. The zero-order chi connectivity index (χ0) is 16.3. The molecule has 3 unspecified atom stereocenters. The maximum atomic E-state index is 12.0. The Bertz CT molecular complexity index is 305. The monoisotopic (exact) mass is 304 g/mol. The van der Waals surface area contributed by atoms with Crippen LogP contribution in [-0.2, 0) is 28.5 Å². The molecule has 0 rings (SSSR count). The Hall–Kier alpha value is -1.14. The van der Waals surface area contributed by atoms with Crippen LogP contribution in [-0.4, -0.2) is 45.2 Å². The third-order valence-corrected chi connectivity index (χ3v) is 3.06. The number of ether oxygens (including phenoxy) is 4. The van der Waals surface area contributed by atoms with Crippen LogP contribution in [0.1, 0.15) is 46.5 Å². The standard InChI is InChI=1S/C15H28O6/c1-6-8-11(3)20-14(16)12(7-2)15(17)21-13(19-5)9-10-18-4/h11-13H,6-10H2,1-5H3. The van der Waals surface area contributed by atoms with Crippen molar-refractivity contribution in [3.05, 3.63) is 0 Å². The van der Waals surface area contributed by atoms with Crippen LogP contribution >= 0.6 is 0 Å². The Morgan fingerprint density at radius 2 is 1.62 bits per heavy atom. The van der Waals surface area contributed by atoms with E-state index in [9.17, 15) is 9.59 Å². The van der Waals surface area contributed by atoms with Gasteiger partial charge in [0, 0.05) is 20.6 Å². The molecule has 0 heterocycles. The van der Waals surface area contributed by atoms with Gasteiger partial charge in [-0.2, -0.15) is 0 Å². The van der Waals surface area contributed by atoms with Crippen molar-refractivity contribution in [2.75, 3.05) is 20.8 Å². The number of carbonyl (C=O) groups is 2. The maximum absolute atomic E-state index is 12.0. The molecule has 21 heavy (non-hydrogen) atoms. The highest BCUT2D eigenvalue weighted by molar-refractivity contribution is 5.94. The Kier molecular flexibility index (Phi) is 10.9. The average molecular weight is 304 g/mol. The van der Waals surface area contributed by atoms with Gasteiger partial charge in [0.15, 0.2) is 5.92 Å². The van der Waals surface area contributed by atoms with Gasteiger partial charge in [-0.15, -0.1) is 0 Å². The summed E-state index contributed by atoms with van der Waals surface area (Å²) in [5.41, 5.74) is 0. The maximum Gasteiger partial charge on any atom is 0.322 e. The third-order valence-electron chi connectivity index (χ3n) is 3.06. The summed E-state index contributed by atoms with van der Waals surface area (Å²) in [6.07, 6.45) is 1.51. The van der Waals surface area contributed by atoms with Crippen molar-refractivity contribution in [2.45, 2.75) is 58.8 Å². The van der Waals surface area contributed by atoms with Gasteiger partial charge in [-0.25, -0.2) is 0 Å². The lowest BCUT2D eigenvalue weighted by Gasteiger charge is -2.20. The highest BCUT2D eigenvalue weighted by Gasteiger charge is 2.30. The van der Waals surface area contributed by atoms with E-state index in [1.54, 1.807) is 14.0 Å². The predicted molar refractivity (Wildman–Crippen MR) is 77.6 cm³/mol. The molecule has 0 aliphatic carbocycles. The van der Waals surface area contributed by atoms with Gasteiger partial charge in [0.25, 0.3) is 0 Å². The van der Waals surface area contributed by atoms with Crippen LogP contribution < -0.4 is 0 Å². The van der Waals surface area contributed by atoms with E-state index in [2.05, 4.69) is 0 Å². The first-order valence-electron chi connectivity index (χ1n) is 7.42. The number of rotatable bonds is 11. The summed E-state index contributed by atoms with van der Waals surface area (Å²) in [6.45, 7) is 5.97. The summed E-state index contributed by atoms with van der Waals surface area (Å²) in [6, 6.07) is 0. The second kappa shape index (κ2) is 11.5. The SMILES string of the molecule is CCCC(C)OC(=O)C(CC)C(=O)OC(CCOC)OC. The fourth-order valence-corrected chi connectivity index (χ4v) is 1.83. The summed E-state index contributed by atoms with van der Waals surface area (Å²) in [7, 11) is 2.99. The lowest BCUT2D eigenvalue weighted by molar-refractivity contribution is -0.186. The van der Waals surface area contributed by atoms with E-state index >= 15 is 0 Å². The lowest BCUT2D eigenvalue weighted by atomic mass is 10.1. The average Bonchev–Trinajstić information content (AvgIpc) is 2.44. The summed E-state index contributed by atoms with van der Waals surface area (Å²) < 4.78 is 20.4. The first-order chi connectivity index (χ1) is 9.99. The van der Waals surface area contributed by atoms with E-state index in [1.165, 1.54) is 7.11 Å². The molecule has 124 valence electrons. The molecule has 0 aliphatic heterocycles. The molecular formula is C15H28O6. The summed E-state index contributed by atoms with van der Waals surface area (Å²) >= 11 is 0. The molecule has 0 radical (unpaired) electrons. The first-order valence-corrected chi connectivity index (χ1v) is 7.42. The summed E-state index contributed by atoms with van der Waals surface area (Å²) in [5.74, 6) is -2.07. The van der Waals surface area contributed by atoms with Crippen molar-refractivity contribution in [2.24, 2.45) is 5.92 Å². The summed E-state index contributed by atoms with van der Waals surface area (Å²) in [4.78, 5) is 24.0. The minimum absolute atomic E-state index is 0.198. The van der Waals surface area contributed by atoms with Crippen molar-refractivity contribution < 1.29 is 28.5 Å². The van der Waals surface area contributed by atoms with Crippen molar-refractivity contribution in [1.29, 1.82) is 0 Å². The zero-order valence-corrected chi connectivity index (χ0v) is 13.7. The predicted octanol–water partition coefficient (Wildman–Crippen LogP) is 2.30. The molecule has 0 aromatic carbocycles. The van der Waals surface area contributed by atoms with Gasteiger partial charge in [0.05, 0.1) is 12.7 Å². The number of hydrogen-bond donors (Lipinski definition) is 0. The molecular weight excluding hydrogens is 276 g/mol. The lowest BCUT2D eigenvalue weighted by Crippen LogP contribution is -2.33. The fourth-order valence-electron chi connectivity index (χ4n) is 1.83. The van der Waals surface area contributed by atoms with Crippen molar-refractivity contribution in [3.63, 3.8) is 0 Å². The number of hydrogen-bond acceptors (Lipinski definition) is 6. The molecule has 0 amide bonds. The Morgan fingerprint density at radius 1 is 1.00 bits per heavy atom. The van der Waals surface area contributed by atoms with Crippen LogP contribution in [0.2, 0.25) is 0 Å². The third kappa shape index (κ3) is 8.02. The Labute approximate surface area is 127 Å². The molecule has 0 spiro atoms. The van der Waals surface area contributed by atoms with Gasteiger partial charge in [-0.3, -0.25) is 9.59 Å². The topological polar surface area (TPSA) is 71.1 Å². The fraction of sp³-hybridized carbons (Fsp3) is 0.867. The molecule has 0 N–H and O–H groups in total. The van der Waals surface area contributed by atoms with Gasteiger partial charge >= 0.3 is 11.9 Å². The number of methoxy groups -OCH3 is 2. The Morgan fingerprint density at radius 3 is 2.10 bits per heavy atom. The molecule has 0 saturated heterocycles. The van der Waals surface area contributed by atoms with Crippen LogP contribution in [0.4, 0.5) is 0 Å². The normalized spacial score (nSPS) is 15.1. The second-order valence-corrected chi connectivity index (χ2v) is 4.88. The number of carbonyl (C=O) groups excluding carboxylic acids is 2. The largest absolute Gasteiger partial charge is 0.462 e. The van der Waals surface area contributed by atoms with Crippen LogP contribution in [0.5, 0.6) is 0 Å². The van der Waals surface area contributed by atoms with E-state index < -0.39 is 24.1 Å². The van der Waals surface area contributed by atoms with Gasteiger partial charge in [-0.1, -0.05) is 20.3 Å². The van der Waals surface area contributed by atoms with Crippen molar-refractivity contribution >= 4 is 11.9 Å². The van der Waals surface area contributed by atoms with Gasteiger partial charge in [0.1, 0.15) is 0 Å². The van der Waals surface area contributed by atoms with E-state index in [-0.39, 0.29) is 6.10 Å². The molecule has 0 fully saturated rings. The van der Waals surface area contributed by atoms with Crippen LogP contribution in [0.15, 0.2) is 0 Å². The molecule has 0 aliphatic rings. The van der Waals surface area contributed by atoms with E-state index in [4.69, 9.17) is 18.9 Å². The smallest absolute Gasteiger partial charge is 0.322 e. The molecule has 6 nitrogen and oxygen atoms in total. The first kappa shape index (κ1) is 19.9. The molecule has 0 saturated carbocycles. The molecule has 0 bridgehead atoms. The minimum Gasteiger partial charge on any atom is -0.462 e. The minimum atomic E-state index is -0.912. The van der Waals surface area contributed by atoms with Crippen LogP contribution in [0.3, 0.4) is 0 Å². The quantitative estimate of drug-likeness (QED) is 0.331. The second-order valence-electron chi connectivity index (χ2n) is 4.88. The summed E-state index contributed by atoms with van der Waals surface area (Å²) in [5, 5.41) is 0. The van der Waals surface area contributed by atoms with E-state index in [0.717, 1.165) is 12.8 Å². The van der Waals surface area contributed by atoms with Crippen molar-refractivity contribution in [3.8, 4) is 0 Å². The van der Waals surface area contributed by atoms with Gasteiger partial charge < -0.3 is 18.9 Å². The van der Waals surface area contributed by atoms with Gasteiger partial charge in [-0.05, 0) is 19.8 Å². The van der Waals surface area contributed by atoms with Crippen molar-refractivity contribution in [1.82, 2.24) is 0 Å². The van der Waals surface area contributed by atoms with Crippen LogP contribution in [0, 0.1) is 5.92 Å². The highest BCUT2D eigenvalue weighted by Crippen LogP contribution is 2.14. The molecule has 0 aromatic rings. The highest BCUT2D eigenvalue weighted by atomic mass is 16.7. The number of esters is 2. The van der Waals surface area contributed by atoms with E-state index in [1.807, 2.05) is 13.8 Å². The van der Waals surface area contributed by atoms with E-state index in [0.29, 0.717) is 19.4 Å².